The molecule has 0 radical (unpaired) electrons. The van der Waals surface area contributed by atoms with Gasteiger partial charge in [0.05, 0.1) is 0 Å². The van der Waals surface area contributed by atoms with Crippen LogP contribution >= 0.6 is 0 Å². The van der Waals surface area contributed by atoms with Crippen molar-refractivity contribution in [1.82, 2.24) is 10.2 Å². The van der Waals surface area contributed by atoms with Crippen molar-refractivity contribution in [2.45, 2.75) is 52.1 Å². The molecule has 2 rings (SSSR count). The molecule has 0 unspecified atom stereocenters. The predicted octanol–water partition coefficient (Wildman–Crippen LogP) is 3.11. The summed E-state index contributed by atoms with van der Waals surface area (Å²) in [6.45, 7) is 8.29. The molecule has 0 aliphatic heterocycles. The summed E-state index contributed by atoms with van der Waals surface area (Å²) in [5.41, 5.74) is -0.181. The molecule has 3 atom stereocenters. The fourth-order valence-corrected chi connectivity index (χ4v) is 4.29. The van der Waals surface area contributed by atoms with Gasteiger partial charge < -0.3 is 20.1 Å². The van der Waals surface area contributed by atoms with Crippen molar-refractivity contribution in [3.05, 3.63) is 29.8 Å². The third-order valence-electron chi connectivity index (χ3n) is 5.89. The van der Waals surface area contributed by atoms with Crippen LogP contribution in [0.4, 0.5) is 0 Å². The maximum absolute atomic E-state index is 12.9. The molecule has 0 bridgehead atoms. The minimum absolute atomic E-state index is 0.0188. The Morgan fingerprint density at radius 3 is 2.71 bits per heavy atom. The van der Waals surface area contributed by atoms with E-state index in [1.54, 1.807) is 0 Å². The lowest BCUT2D eigenvalue weighted by Crippen LogP contribution is -2.56. The first kappa shape index (κ1) is 22.7. The van der Waals surface area contributed by atoms with Crippen LogP contribution in [0.15, 0.2) is 24.3 Å². The van der Waals surface area contributed by atoms with Crippen molar-refractivity contribution in [2.75, 3.05) is 33.8 Å². The lowest BCUT2D eigenvalue weighted by molar-refractivity contribution is -0.155. The van der Waals surface area contributed by atoms with E-state index < -0.39 is 5.60 Å². The molecule has 158 valence electrons. The monoisotopic (exact) mass is 390 g/mol. The van der Waals surface area contributed by atoms with Gasteiger partial charge in [-0.05, 0) is 62.7 Å². The quantitative estimate of drug-likeness (QED) is 0.680. The fourth-order valence-electron chi connectivity index (χ4n) is 4.29. The number of amides is 1. The van der Waals surface area contributed by atoms with Crippen LogP contribution in [-0.2, 0) is 11.2 Å². The molecule has 0 saturated heterocycles. The lowest BCUT2D eigenvalue weighted by atomic mass is 9.66. The molecule has 1 aromatic carbocycles. The van der Waals surface area contributed by atoms with Gasteiger partial charge in [-0.1, -0.05) is 45.4 Å². The number of carbonyl (C=O) groups excluding carboxylic acids is 1. The maximum Gasteiger partial charge on any atom is 0.252 e. The summed E-state index contributed by atoms with van der Waals surface area (Å²) < 4.78 is 5.90. The van der Waals surface area contributed by atoms with Gasteiger partial charge in [-0.2, -0.15) is 0 Å². The number of hydrogen-bond acceptors (Lipinski definition) is 4. The fraction of sp³-hybridized carbons (Fsp3) is 0.696. The van der Waals surface area contributed by atoms with Crippen LogP contribution in [0.3, 0.4) is 0 Å². The summed E-state index contributed by atoms with van der Waals surface area (Å²) in [5.74, 6) is 1.32. The minimum atomic E-state index is -1.26. The average Bonchev–Trinajstić information content (AvgIpc) is 2.62. The van der Waals surface area contributed by atoms with E-state index in [1.807, 2.05) is 38.4 Å². The predicted molar refractivity (Wildman–Crippen MR) is 113 cm³/mol. The first-order chi connectivity index (χ1) is 13.2. The number of carbonyl (C=O) groups is 1. The molecular formula is C23H38N2O3. The van der Waals surface area contributed by atoms with E-state index in [0.717, 1.165) is 30.7 Å². The highest BCUT2D eigenvalue weighted by molar-refractivity contribution is 5.85. The van der Waals surface area contributed by atoms with Crippen LogP contribution in [0.1, 0.15) is 45.6 Å². The van der Waals surface area contributed by atoms with Crippen molar-refractivity contribution in [1.29, 1.82) is 0 Å². The maximum atomic E-state index is 12.9. The number of nitrogens with one attached hydrogen (secondary N) is 1. The highest BCUT2D eigenvalue weighted by Gasteiger charge is 2.48. The molecule has 1 saturated carbocycles. The van der Waals surface area contributed by atoms with E-state index in [0.29, 0.717) is 31.9 Å². The largest absolute Gasteiger partial charge is 0.492 e. The Kier molecular flexibility index (Phi) is 8.32. The van der Waals surface area contributed by atoms with Gasteiger partial charge >= 0.3 is 0 Å². The molecule has 1 fully saturated rings. The summed E-state index contributed by atoms with van der Waals surface area (Å²) in [7, 11) is 4.04. The van der Waals surface area contributed by atoms with Crippen molar-refractivity contribution >= 4 is 5.91 Å². The van der Waals surface area contributed by atoms with Crippen LogP contribution in [-0.4, -0.2) is 55.3 Å². The van der Waals surface area contributed by atoms with Crippen LogP contribution in [0.2, 0.25) is 0 Å². The third kappa shape index (κ3) is 5.95. The van der Waals surface area contributed by atoms with E-state index in [4.69, 9.17) is 4.74 Å². The van der Waals surface area contributed by atoms with Gasteiger partial charge in [0.25, 0.3) is 5.91 Å². The molecule has 1 amide bonds. The van der Waals surface area contributed by atoms with E-state index in [2.05, 4.69) is 31.0 Å². The van der Waals surface area contributed by atoms with Gasteiger partial charge in [0, 0.05) is 13.1 Å². The first-order valence-electron chi connectivity index (χ1n) is 10.6. The van der Waals surface area contributed by atoms with E-state index >= 15 is 0 Å². The normalized spacial score (nSPS) is 25.1. The molecule has 1 aliphatic carbocycles. The summed E-state index contributed by atoms with van der Waals surface area (Å²) in [4.78, 5) is 15.0. The zero-order chi connectivity index (χ0) is 20.7. The Bertz CT molecular complexity index is 632. The molecule has 5 nitrogen and oxygen atoms in total. The number of ether oxygens (including phenoxy) is 1. The summed E-state index contributed by atoms with van der Waals surface area (Å²) >= 11 is 0. The topological polar surface area (TPSA) is 61.8 Å². The van der Waals surface area contributed by atoms with Crippen LogP contribution in [0.5, 0.6) is 5.75 Å². The molecule has 1 aromatic rings. The highest BCUT2D eigenvalue weighted by atomic mass is 16.5. The number of hydrogen-bond donors (Lipinski definition) is 2. The number of aliphatic hydroxyl groups is 1. The second kappa shape index (κ2) is 10.3. The highest BCUT2D eigenvalue weighted by Crippen LogP contribution is 2.41. The first-order valence-corrected chi connectivity index (χ1v) is 10.6. The van der Waals surface area contributed by atoms with Gasteiger partial charge in [-0.3, -0.25) is 4.79 Å². The second-order valence-corrected chi connectivity index (χ2v) is 8.93. The van der Waals surface area contributed by atoms with E-state index in [1.165, 1.54) is 0 Å². The Morgan fingerprint density at radius 2 is 2.04 bits per heavy atom. The number of rotatable bonds is 9. The summed E-state index contributed by atoms with van der Waals surface area (Å²) in [5, 5.41) is 14.2. The average molecular weight is 391 g/mol. The van der Waals surface area contributed by atoms with Crippen LogP contribution in [0, 0.1) is 17.8 Å². The smallest absolute Gasteiger partial charge is 0.252 e. The third-order valence-corrected chi connectivity index (χ3v) is 5.89. The molecule has 0 heterocycles. The van der Waals surface area contributed by atoms with Gasteiger partial charge in [-0.25, -0.2) is 0 Å². The van der Waals surface area contributed by atoms with Crippen LogP contribution in [0.25, 0.3) is 0 Å². The number of para-hydroxylation sites is 1. The molecule has 28 heavy (non-hydrogen) atoms. The SMILES string of the molecule is CC(C)[C@@H]1CC[C@@H](C)C[C@@]1(O)C(=O)NCCc1ccccc1OCCN(C)C. The zero-order valence-corrected chi connectivity index (χ0v) is 18.2. The minimum Gasteiger partial charge on any atom is -0.492 e. The Balaban J connectivity index is 1.94. The summed E-state index contributed by atoms with van der Waals surface area (Å²) in [6.07, 6.45) is 3.22. The Labute approximate surface area is 170 Å². The van der Waals surface area contributed by atoms with Crippen LogP contribution < -0.4 is 10.1 Å². The van der Waals surface area contributed by atoms with Gasteiger partial charge in [0.2, 0.25) is 0 Å². The number of nitrogens with zero attached hydrogens (tertiary/aromatic N) is 1. The molecule has 2 N–H and O–H groups in total. The molecular weight excluding hydrogens is 352 g/mol. The molecule has 1 aliphatic rings. The second-order valence-electron chi connectivity index (χ2n) is 8.93. The Hall–Kier alpha value is -1.59. The zero-order valence-electron chi connectivity index (χ0n) is 18.2. The van der Waals surface area contributed by atoms with E-state index in [-0.39, 0.29) is 17.7 Å². The van der Waals surface area contributed by atoms with Gasteiger partial charge in [0.1, 0.15) is 18.0 Å². The number of benzene rings is 1. The van der Waals surface area contributed by atoms with Crippen molar-refractivity contribution < 1.29 is 14.6 Å². The number of likely N-dealkylation sites (N-methyl/N-ethyl adjacent to an activating group) is 1. The van der Waals surface area contributed by atoms with Gasteiger partial charge in [-0.15, -0.1) is 0 Å². The van der Waals surface area contributed by atoms with Crippen molar-refractivity contribution in [3.8, 4) is 5.75 Å². The standard InChI is InChI=1S/C23H38N2O3/c1-17(2)20-11-10-18(3)16-23(20,27)22(26)24-13-12-19-8-6-7-9-21(19)28-15-14-25(4)5/h6-9,17-18,20,27H,10-16H2,1-5H3,(H,24,26)/t18-,20+,23+/m1/s1. The van der Waals surface area contributed by atoms with Crippen molar-refractivity contribution in [2.24, 2.45) is 17.8 Å². The molecule has 5 heteroatoms. The summed E-state index contributed by atoms with van der Waals surface area (Å²) in [6, 6.07) is 7.96. The van der Waals surface area contributed by atoms with Gasteiger partial charge in [0.15, 0.2) is 0 Å². The van der Waals surface area contributed by atoms with E-state index in [9.17, 15) is 9.90 Å². The molecule has 0 aromatic heterocycles. The molecule has 0 spiro atoms. The van der Waals surface area contributed by atoms with Crippen molar-refractivity contribution in [3.63, 3.8) is 0 Å². The Morgan fingerprint density at radius 1 is 1.32 bits per heavy atom. The lowest BCUT2D eigenvalue weighted by Gasteiger charge is -2.43.